The predicted molar refractivity (Wildman–Crippen MR) is 28.9 cm³/mol. The Labute approximate surface area is 44.7 Å². The molecule has 1 nitrogen and oxygen atoms in total. The molecule has 1 atom stereocenters. The van der Waals surface area contributed by atoms with Crippen LogP contribution in [0.15, 0.2) is 11.7 Å². The highest BCUT2D eigenvalue weighted by Crippen LogP contribution is 1.82. The van der Waals surface area contributed by atoms with Gasteiger partial charge >= 0.3 is 0 Å². The average Bonchev–Trinajstić information content (AvgIpc) is 1.68. The summed E-state index contributed by atoms with van der Waals surface area (Å²) in [5, 5.41) is 1.03. The third-order valence-electron chi connectivity index (χ3n) is 0.488. The third kappa shape index (κ3) is 3.66. The lowest BCUT2D eigenvalue weighted by Gasteiger charge is -1.79. The summed E-state index contributed by atoms with van der Waals surface area (Å²) >= 11 is 0. The molecule has 7 heavy (non-hydrogen) atoms. The second-order valence-electron chi connectivity index (χ2n) is 0.931. The molecule has 0 aromatic carbocycles. The molecule has 0 bridgehead atoms. The Bertz CT molecular complexity index is 89.7. The van der Waals surface area contributed by atoms with E-state index >= 15 is 0 Å². The molecule has 0 fully saturated rings. The minimum atomic E-state index is -1.08. The van der Waals surface area contributed by atoms with Crippen LogP contribution in [0.3, 0.4) is 0 Å². The molecule has 42 valence electrons. The van der Waals surface area contributed by atoms with E-state index in [1.807, 2.05) is 0 Å². The summed E-state index contributed by atoms with van der Waals surface area (Å²) in [5.74, 6) is 0.487. The van der Waals surface area contributed by atoms with Gasteiger partial charge in [-0.1, -0.05) is 6.92 Å². The Kier molecular flexibility index (Phi) is 3.89. The summed E-state index contributed by atoms with van der Waals surface area (Å²) in [6.07, 6.45) is 0.305. The van der Waals surface area contributed by atoms with Gasteiger partial charge < -0.3 is 0 Å². The summed E-state index contributed by atoms with van der Waals surface area (Å²) in [5.41, 5.74) is 0. The molecular weight excluding hydrogens is 115 g/mol. The topological polar surface area (TPSA) is 17.1 Å². The molecule has 0 amide bonds. The lowest BCUT2D eigenvalue weighted by molar-refractivity contribution is 0.686. The van der Waals surface area contributed by atoms with Crippen molar-refractivity contribution in [2.75, 3.05) is 5.75 Å². The lowest BCUT2D eigenvalue weighted by Crippen LogP contribution is -1.83. The van der Waals surface area contributed by atoms with Crippen molar-refractivity contribution in [1.82, 2.24) is 0 Å². The zero-order valence-electron chi connectivity index (χ0n) is 4.06. The second-order valence-corrected chi connectivity index (χ2v) is 2.54. The molecule has 0 radical (unpaired) electrons. The van der Waals surface area contributed by atoms with Gasteiger partial charge in [-0.2, -0.15) is 0 Å². The number of halogens is 1. The van der Waals surface area contributed by atoms with Gasteiger partial charge in [-0.25, -0.2) is 4.39 Å². The van der Waals surface area contributed by atoms with Crippen molar-refractivity contribution in [2.24, 2.45) is 0 Å². The molecule has 0 heterocycles. The first kappa shape index (κ1) is 6.82. The van der Waals surface area contributed by atoms with Crippen molar-refractivity contribution in [3.63, 3.8) is 0 Å². The minimum absolute atomic E-state index is 0.305. The van der Waals surface area contributed by atoms with Crippen molar-refractivity contribution in [3.05, 3.63) is 11.7 Å². The van der Waals surface area contributed by atoms with Gasteiger partial charge in [0.1, 0.15) is 0 Å². The smallest absolute Gasteiger partial charge is 0.0955 e. The molecule has 3 heteroatoms. The molecule has 0 N–H and O–H groups in total. The summed E-state index contributed by atoms with van der Waals surface area (Å²) in [6, 6.07) is 0. The van der Waals surface area contributed by atoms with Gasteiger partial charge in [0.2, 0.25) is 0 Å². The van der Waals surface area contributed by atoms with Crippen LogP contribution in [0.5, 0.6) is 0 Å². The number of rotatable bonds is 2. The zero-order chi connectivity index (χ0) is 5.70. The van der Waals surface area contributed by atoms with E-state index in [2.05, 4.69) is 0 Å². The van der Waals surface area contributed by atoms with Crippen molar-refractivity contribution in [1.29, 1.82) is 0 Å². The van der Waals surface area contributed by atoms with Gasteiger partial charge in [0.05, 0.1) is 6.33 Å². The monoisotopic (exact) mass is 122 g/mol. The van der Waals surface area contributed by atoms with Gasteiger partial charge in [-0.3, -0.25) is 4.21 Å². The molecule has 0 aromatic heterocycles. The summed E-state index contributed by atoms with van der Waals surface area (Å²) in [4.78, 5) is 0. The quantitative estimate of drug-likeness (QED) is 0.537. The fraction of sp³-hybridized carbons (Fsp3) is 0.500. The molecule has 1 unspecified atom stereocenters. The van der Waals surface area contributed by atoms with Crippen molar-refractivity contribution in [3.8, 4) is 0 Å². The summed E-state index contributed by atoms with van der Waals surface area (Å²) in [7, 11) is -1.08. The highest BCUT2D eigenvalue weighted by molar-refractivity contribution is 7.87. The van der Waals surface area contributed by atoms with E-state index in [0.717, 1.165) is 5.41 Å². The third-order valence-corrected chi connectivity index (χ3v) is 1.46. The van der Waals surface area contributed by atoms with Gasteiger partial charge in [0.15, 0.2) is 0 Å². The summed E-state index contributed by atoms with van der Waals surface area (Å²) in [6.45, 7) is 1.73. The van der Waals surface area contributed by atoms with Crippen LogP contribution in [0.2, 0.25) is 0 Å². The molecule has 0 aromatic rings. The zero-order valence-corrected chi connectivity index (χ0v) is 4.87. The maximum atomic E-state index is 11.1. The molecule has 0 spiro atoms. The average molecular weight is 122 g/mol. The first-order valence-corrected chi connectivity index (χ1v) is 3.33. The van der Waals surface area contributed by atoms with Gasteiger partial charge in [-0.15, -0.1) is 0 Å². The van der Waals surface area contributed by atoms with E-state index in [-0.39, 0.29) is 0 Å². The molecule has 0 saturated heterocycles. The second kappa shape index (κ2) is 3.99. The Morgan fingerprint density at radius 2 is 2.43 bits per heavy atom. The Morgan fingerprint density at radius 1 is 1.86 bits per heavy atom. The van der Waals surface area contributed by atoms with E-state index in [1.54, 1.807) is 6.92 Å². The van der Waals surface area contributed by atoms with E-state index in [1.165, 1.54) is 0 Å². The predicted octanol–water partition coefficient (Wildman–Crippen LogP) is 1.20. The van der Waals surface area contributed by atoms with Gasteiger partial charge in [0, 0.05) is 22.0 Å². The maximum absolute atomic E-state index is 11.1. The fourth-order valence-electron chi connectivity index (χ4n) is 0.154. The maximum Gasteiger partial charge on any atom is 0.0955 e. The highest BCUT2D eigenvalue weighted by Gasteiger charge is 1.82. The fourth-order valence-corrected chi connectivity index (χ4v) is 0.461. The van der Waals surface area contributed by atoms with Gasteiger partial charge in [-0.05, 0) is 0 Å². The lowest BCUT2D eigenvalue weighted by atomic mass is 11.0. The SMILES string of the molecule is CCS(=O)C=CF. The van der Waals surface area contributed by atoms with E-state index in [4.69, 9.17) is 0 Å². The van der Waals surface area contributed by atoms with E-state index in [9.17, 15) is 8.60 Å². The van der Waals surface area contributed by atoms with Crippen LogP contribution in [0.1, 0.15) is 6.92 Å². The van der Waals surface area contributed by atoms with Gasteiger partial charge in [0.25, 0.3) is 0 Å². The van der Waals surface area contributed by atoms with Crippen LogP contribution in [0, 0.1) is 0 Å². The molecule has 0 aliphatic rings. The van der Waals surface area contributed by atoms with Crippen molar-refractivity contribution >= 4 is 10.8 Å². The van der Waals surface area contributed by atoms with E-state index < -0.39 is 10.8 Å². The Hall–Kier alpha value is -0.180. The Morgan fingerprint density at radius 3 is 2.57 bits per heavy atom. The molecule has 0 aliphatic heterocycles. The first-order chi connectivity index (χ1) is 3.31. The van der Waals surface area contributed by atoms with Crippen LogP contribution in [0.25, 0.3) is 0 Å². The normalized spacial score (nSPS) is 15.1. The molecule has 0 rings (SSSR count). The van der Waals surface area contributed by atoms with Crippen LogP contribution >= 0.6 is 0 Å². The molecule has 0 aliphatic carbocycles. The van der Waals surface area contributed by atoms with Crippen LogP contribution < -0.4 is 0 Å². The minimum Gasteiger partial charge on any atom is -0.255 e. The van der Waals surface area contributed by atoms with Crippen molar-refractivity contribution in [2.45, 2.75) is 6.92 Å². The van der Waals surface area contributed by atoms with Crippen LogP contribution in [-0.4, -0.2) is 9.96 Å². The summed E-state index contributed by atoms with van der Waals surface area (Å²) < 4.78 is 21.3. The first-order valence-electron chi connectivity index (χ1n) is 1.95. The number of hydrogen-bond donors (Lipinski definition) is 0. The Balaban J connectivity index is 3.37. The standard InChI is InChI=1S/C4H7FOS/c1-2-7(6)4-3-5/h3-4H,2H2,1H3. The molecule has 0 saturated carbocycles. The highest BCUT2D eigenvalue weighted by atomic mass is 32.2. The van der Waals surface area contributed by atoms with Crippen LogP contribution in [-0.2, 0) is 10.8 Å². The largest absolute Gasteiger partial charge is 0.255 e. The van der Waals surface area contributed by atoms with Crippen molar-refractivity contribution < 1.29 is 8.60 Å². The molecular formula is C4H7FOS. The van der Waals surface area contributed by atoms with Crippen LogP contribution in [0.4, 0.5) is 4.39 Å². The van der Waals surface area contributed by atoms with E-state index in [0.29, 0.717) is 12.1 Å². The number of hydrogen-bond acceptors (Lipinski definition) is 1.